The summed E-state index contributed by atoms with van der Waals surface area (Å²) in [6.07, 6.45) is -0.253. The first-order valence-electron chi connectivity index (χ1n) is 8.21. The third-order valence-corrected chi connectivity index (χ3v) is 4.40. The van der Waals surface area contributed by atoms with Crippen molar-refractivity contribution in [2.45, 2.75) is 19.3 Å². The van der Waals surface area contributed by atoms with Crippen LogP contribution in [-0.2, 0) is 0 Å². The summed E-state index contributed by atoms with van der Waals surface area (Å²) in [5.74, 6) is -7.19. The van der Waals surface area contributed by atoms with Gasteiger partial charge in [-0.2, -0.15) is 0 Å². The van der Waals surface area contributed by atoms with Crippen LogP contribution in [0.1, 0.15) is 32.7 Å². The van der Waals surface area contributed by atoms with Gasteiger partial charge in [-0.15, -0.1) is 0 Å². The molecule has 0 bridgehead atoms. The van der Waals surface area contributed by atoms with Gasteiger partial charge in [0.2, 0.25) is 0 Å². The van der Waals surface area contributed by atoms with E-state index < -0.39 is 40.9 Å². The molecule has 3 rings (SSSR count). The molecule has 0 aromatic heterocycles. The van der Waals surface area contributed by atoms with Gasteiger partial charge in [-0.25, -0.2) is 17.6 Å². The minimum absolute atomic E-state index is 0.133. The summed E-state index contributed by atoms with van der Waals surface area (Å²) in [4.78, 5) is 24.3. The van der Waals surface area contributed by atoms with Crippen molar-refractivity contribution in [3.8, 4) is 0 Å². The van der Waals surface area contributed by atoms with Gasteiger partial charge < -0.3 is 10.6 Å². The third-order valence-electron chi connectivity index (χ3n) is 4.40. The molecule has 0 heterocycles. The average Bonchev–Trinajstić information content (AvgIpc) is 3.21. The maximum absolute atomic E-state index is 13.7. The van der Waals surface area contributed by atoms with E-state index >= 15 is 0 Å². The lowest BCUT2D eigenvalue weighted by Crippen LogP contribution is -2.27. The first-order valence-corrected chi connectivity index (χ1v) is 8.21. The van der Waals surface area contributed by atoms with E-state index in [4.69, 9.17) is 0 Å². The van der Waals surface area contributed by atoms with Gasteiger partial charge in [0.1, 0.15) is 17.2 Å². The maximum Gasteiger partial charge on any atom is 0.261 e. The van der Waals surface area contributed by atoms with Crippen molar-refractivity contribution in [3.63, 3.8) is 0 Å². The van der Waals surface area contributed by atoms with Crippen LogP contribution < -0.4 is 10.6 Å². The van der Waals surface area contributed by atoms with E-state index in [1.54, 1.807) is 6.92 Å². The van der Waals surface area contributed by atoms with Gasteiger partial charge in [0, 0.05) is 30.1 Å². The van der Waals surface area contributed by atoms with Crippen molar-refractivity contribution in [1.29, 1.82) is 0 Å². The molecular formula is C19H16F4N2O2. The van der Waals surface area contributed by atoms with Crippen molar-refractivity contribution in [2.24, 2.45) is 5.92 Å². The molecule has 0 radical (unpaired) electrons. The molecule has 0 saturated heterocycles. The van der Waals surface area contributed by atoms with E-state index in [0.29, 0.717) is 5.56 Å². The fraction of sp³-hybridized carbons (Fsp3) is 0.263. The molecule has 1 aliphatic carbocycles. The predicted molar refractivity (Wildman–Crippen MR) is 90.9 cm³/mol. The molecule has 0 aliphatic heterocycles. The highest BCUT2D eigenvalue weighted by Crippen LogP contribution is 2.47. The number of rotatable bonds is 5. The summed E-state index contributed by atoms with van der Waals surface area (Å²) in [5, 5.41) is 4.79. The zero-order valence-electron chi connectivity index (χ0n) is 14.3. The van der Waals surface area contributed by atoms with Crippen LogP contribution in [0.5, 0.6) is 0 Å². The van der Waals surface area contributed by atoms with E-state index in [1.165, 1.54) is 18.2 Å². The zero-order valence-corrected chi connectivity index (χ0v) is 14.3. The van der Waals surface area contributed by atoms with Crippen LogP contribution in [0.3, 0.4) is 0 Å². The van der Waals surface area contributed by atoms with E-state index in [2.05, 4.69) is 10.6 Å². The first kappa shape index (κ1) is 18.9. The molecule has 0 spiro atoms. The number of halogens is 4. The second-order valence-electron chi connectivity index (χ2n) is 6.45. The van der Waals surface area contributed by atoms with Gasteiger partial charge in [0.05, 0.1) is 0 Å². The predicted octanol–water partition coefficient (Wildman–Crippen LogP) is 3.91. The largest absolute Gasteiger partial charge is 0.352 e. The molecule has 2 aromatic rings. The SMILES string of the molecule is Cc1ccc(C(=O)NCC2CC2(F)F)cc1NC(=O)c1c(F)cccc1F. The van der Waals surface area contributed by atoms with Crippen LogP contribution in [0.25, 0.3) is 0 Å². The molecular weight excluding hydrogens is 364 g/mol. The molecule has 8 heteroatoms. The Morgan fingerprint density at radius 2 is 1.74 bits per heavy atom. The number of carbonyl (C=O) groups is 2. The maximum atomic E-state index is 13.7. The van der Waals surface area contributed by atoms with Crippen LogP contribution in [0, 0.1) is 24.5 Å². The highest BCUT2D eigenvalue weighted by Gasteiger charge is 2.56. The normalized spacial score (nSPS) is 17.3. The second-order valence-corrected chi connectivity index (χ2v) is 6.45. The van der Waals surface area contributed by atoms with Crippen molar-refractivity contribution in [3.05, 3.63) is 64.7 Å². The number of hydrogen-bond acceptors (Lipinski definition) is 2. The summed E-state index contributed by atoms with van der Waals surface area (Å²) in [7, 11) is 0. The minimum atomic E-state index is -2.73. The molecule has 2 aromatic carbocycles. The van der Waals surface area contributed by atoms with Gasteiger partial charge in [0.15, 0.2) is 0 Å². The number of amides is 2. The Morgan fingerprint density at radius 1 is 1.11 bits per heavy atom. The van der Waals surface area contributed by atoms with Crippen LogP contribution in [0.15, 0.2) is 36.4 Å². The topological polar surface area (TPSA) is 58.2 Å². The lowest BCUT2D eigenvalue weighted by atomic mass is 10.1. The quantitative estimate of drug-likeness (QED) is 0.773. The molecule has 1 atom stereocenters. The van der Waals surface area contributed by atoms with Gasteiger partial charge in [0.25, 0.3) is 17.7 Å². The zero-order chi connectivity index (χ0) is 19.8. The molecule has 2 amide bonds. The van der Waals surface area contributed by atoms with Gasteiger partial charge >= 0.3 is 0 Å². The highest BCUT2D eigenvalue weighted by molar-refractivity contribution is 6.06. The van der Waals surface area contributed by atoms with E-state index in [1.807, 2.05) is 0 Å². The summed E-state index contributed by atoms with van der Waals surface area (Å²) < 4.78 is 53.2. The number of nitrogens with one attached hydrogen (secondary N) is 2. The average molecular weight is 380 g/mol. The molecule has 1 saturated carbocycles. The van der Waals surface area contributed by atoms with Crippen LogP contribution in [0.2, 0.25) is 0 Å². The highest BCUT2D eigenvalue weighted by atomic mass is 19.3. The molecule has 1 unspecified atom stereocenters. The number of anilines is 1. The fourth-order valence-corrected chi connectivity index (χ4v) is 2.61. The first-order chi connectivity index (χ1) is 12.7. The Balaban J connectivity index is 1.73. The standard InChI is InChI=1S/C19H16F4N2O2/c1-10-5-6-11(17(26)24-9-12-8-19(12,22)23)7-15(10)25-18(27)16-13(20)3-2-4-14(16)21/h2-7,12H,8-9H2,1H3,(H,24,26)(H,25,27). The number of hydrogen-bond donors (Lipinski definition) is 2. The minimum Gasteiger partial charge on any atom is -0.352 e. The molecule has 27 heavy (non-hydrogen) atoms. The van der Waals surface area contributed by atoms with Gasteiger partial charge in [-0.1, -0.05) is 12.1 Å². The van der Waals surface area contributed by atoms with Crippen LogP contribution in [0.4, 0.5) is 23.2 Å². The van der Waals surface area contributed by atoms with Crippen LogP contribution in [-0.4, -0.2) is 24.3 Å². The Hall–Kier alpha value is -2.90. The van der Waals surface area contributed by atoms with Crippen LogP contribution >= 0.6 is 0 Å². The lowest BCUT2D eigenvalue weighted by molar-refractivity contribution is 0.0893. The van der Waals surface area contributed by atoms with E-state index in [9.17, 15) is 27.2 Å². The monoisotopic (exact) mass is 380 g/mol. The van der Waals surface area contributed by atoms with Crippen molar-refractivity contribution < 1.29 is 27.2 Å². The molecule has 1 aliphatic rings. The number of benzene rings is 2. The Morgan fingerprint density at radius 3 is 2.33 bits per heavy atom. The van der Waals surface area contributed by atoms with Gasteiger partial charge in [-0.3, -0.25) is 9.59 Å². The van der Waals surface area contributed by atoms with Crippen molar-refractivity contribution >= 4 is 17.5 Å². The van der Waals surface area contributed by atoms with Gasteiger partial charge in [-0.05, 0) is 36.8 Å². The smallest absolute Gasteiger partial charge is 0.261 e. The Bertz CT molecular complexity index is 894. The summed E-state index contributed by atoms with van der Waals surface area (Å²) in [6.45, 7) is 1.49. The Kier molecular flexibility index (Phi) is 4.91. The summed E-state index contributed by atoms with van der Waals surface area (Å²) in [6, 6.07) is 7.39. The molecule has 4 nitrogen and oxygen atoms in total. The van der Waals surface area contributed by atoms with Crippen molar-refractivity contribution in [2.75, 3.05) is 11.9 Å². The molecule has 142 valence electrons. The summed E-state index contributed by atoms with van der Waals surface area (Å²) >= 11 is 0. The molecule has 1 fully saturated rings. The third kappa shape index (κ3) is 4.10. The number of carbonyl (C=O) groups excluding carboxylic acids is 2. The number of aryl methyl sites for hydroxylation is 1. The fourth-order valence-electron chi connectivity index (χ4n) is 2.61. The second kappa shape index (κ2) is 7.02. The van der Waals surface area contributed by atoms with Crippen molar-refractivity contribution in [1.82, 2.24) is 5.32 Å². The molecule has 2 N–H and O–H groups in total. The number of alkyl halides is 2. The summed E-state index contributed by atoms with van der Waals surface area (Å²) in [5.41, 5.74) is 0.147. The Labute approximate surface area is 152 Å². The lowest BCUT2D eigenvalue weighted by Gasteiger charge is -2.12. The van der Waals surface area contributed by atoms with E-state index in [-0.39, 0.29) is 24.2 Å². The van der Waals surface area contributed by atoms with E-state index in [0.717, 1.165) is 18.2 Å².